The molecule has 2 aliphatic heterocycles. The zero-order chi connectivity index (χ0) is 10.3. The van der Waals surface area contributed by atoms with E-state index in [0.717, 1.165) is 4.48 Å². The predicted octanol–water partition coefficient (Wildman–Crippen LogP) is -2.10. The van der Waals surface area contributed by atoms with E-state index in [9.17, 15) is 4.79 Å². The fourth-order valence-corrected chi connectivity index (χ4v) is 3.29. The van der Waals surface area contributed by atoms with Crippen LogP contribution in [0.5, 0.6) is 0 Å². The largest absolute Gasteiger partial charge is 1.00 e. The molecule has 0 radical (unpaired) electrons. The number of amides is 1. The maximum Gasteiger partial charge on any atom is 0.226 e. The summed E-state index contributed by atoms with van der Waals surface area (Å²) >= 11 is 0. The normalized spacial score (nSPS) is 38.6. The number of rotatable bonds is 0. The number of quaternary nitrogens is 1. The van der Waals surface area contributed by atoms with E-state index < -0.39 is 0 Å². The third-order valence-corrected chi connectivity index (χ3v) is 4.22. The first-order valence-electron chi connectivity index (χ1n) is 5.64. The Hall–Kier alpha value is 0.160. The van der Waals surface area contributed by atoms with E-state index in [1.165, 1.54) is 19.3 Å². The number of hydrogen-bond acceptors (Lipinski definition) is 1. The summed E-state index contributed by atoms with van der Waals surface area (Å²) in [4.78, 5) is 11.6. The van der Waals surface area contributed by atoms with Gasteiger partial charge >= 0.3 is 0 Å². The molecule has 3 unspecified atom stereocenters. The highest BCUT2D eigenvalue weighted by atomic mass is 127. The minimum atomic E-state index is 0. The van der Waals surface area contributed by atoms with Crippen molar-refractivity contribution in [3.63, 3.8) is 0 Å². The van der Waals surface area contributed by atoms with Crippen LogP contribution >= 0.6 is 0 Å². The minimum absolute atomic E-state index is 0. The summed E-state index contributed by atoms with van der Waals surface area (Å²) in [6, 6.07) is 1.49. The van der Waals surface area contributed by atoms with Crippen LogP contribution in [0, 0.1) is 0 Å². The third kappa shape index (κ3) is 2.30. The van der Waals surface area contributed by atoms with Crippen LogP contribution in [0.4, 0.5) is 0 Å². The van der Waals surface area contributed by atoms with Gasteiger partial charge in [-0.05, 0) is 13.3 Å². The smallest absolute Gasteiger partial charge is 0.226 e. The van der Waals surface area contributed by atoms with Crippen molar-refractivity contribution in [2.45, 2.75) is 50.7 Å². The van der Waals surface area contributed by atoms with Crippen molar-refractivity contribution in [3.05, 3.63) is 0 Å². The van der Waals surface area contributed by atoms with Gasteiger partial charge in [-0.3, -0.25) is 4.79 Å². The van der Waals surface area contributed by atoms with Gasteiger partial charge < -0.3 is 33.8 Å². The van der Waals surface area contributed by atoms with Gasteiger partial charge in [0.05, 0.1) is 32.6 Å². The van der Waals surface area contributed by atoms with Gasteiger partial charge in [0.25, 0.3) is 0 Å². The molecule has 4 heteroatoms. The Balaban J connectivity index is 0.00000112. The van der Waals surface area contributed by atoms with Crippen LogP contribution < -0.4 is 29.3 Å². The highest BCUT2D eigenvalue weighted by molar-refractivity contribution is 5.77. The molecular formula is C11H21IN2O. The van der Waals surface area contributed by atoms with Gasteiger partial charge in [0.1, 0.15) is 6.04 Å². The number of likely N-dealkylation sites (N-methyl/N-ethyl adjacent to an activating group) is 1. The lowest BCUT2D eigenvalue weighted by atomic mass is 9.90. The molecule has 3 atom stereocenters. The van der Waals surface area contributed by atoms with Gasteiger partial charge in [0.2, 0.25) is 5.91 Å². The van der Waals surface area contributed by atoms with Crippen molar-refractivity contribution in [1.29, 1.82) is 0 Å². The topological polar surface area (TPSA) is 29.1 Å². The minimum Gasteiger partial charge on any atom is -1.00 e. The van der Waals surface area contributed by atoms with E-state index in [-0.39, 0.29) is 29.9 Å². The fraction of sp³-hybridized carbons (Fsp3) is 0.909. The average molecular weight is 324 g/mol. The van der Waals surface area contributed by atoms with E-state index in [2.05, 4.69) is 26.3 Å². The number of fused-ring (bicyclic) bond motifs is 2. The zero-order valence-electron chi connectivity index (χ0n) is 9.79. The lowest BCUT2D eigenvalue weighted by Gasteiger charge is -2.47. The molecule has 0 spiro atoms. The molecule has 3 nitrogen and oxygen atoms in total. The fourth-order valence-electron chi connectivity index (χ4n) is 3.29. The number of carbonyl (C=O) groups is 1. The third-order valence-electron chi connectivity index (χ3n) is 4.22. The van der Waals surface area contributed by atoms with E-state index in [1.807, 2.05) is 0 Å². The van der Waals surface area contributed by atoms with E-state index in [1.54, 1.807) is 0 Å². The first kappa shape index (κ1) is 13.2. The molecule has 2 bridgehead atoms. The second-order valence-electron chi connectivity index (χ2n) is 5.34. The van der Waals surface area contributed by atoms with Gasteiger partial charge in [-0.1, -0.05) is 0 Å². The summed E-state index contributed by atoms with van der Waals surface area (Å²) < 4.78 is 1.03. The molecular weight excluding hydrogens is 303 g/mol. The lowest BCUT2D eigenvalue weighted by Crippen LogP contribution is -3.00. The Morgan fingerprint density at radius 1 is 1.33 bits per heavy atom. The molecule has 2 heterocycles. The second-order valence-corrected chi connectivity index (χ2v) is 5.34. The van der Waals surface area contributed by atoms with Crippen LogP contribution in [-0.2, 0) is 4.79 Å². The SMILES string of the molecule is CC1NC(=O)CC2CCCC1[N+]2(C)C.[I-]. The van der Waals surface area contributed by atoms with Crippen molar-refractivity contribution in [2.75, 3.05) is 14.1 Å². The molecule has 0 aromatic heterocycles. The molecule has 2 aliphatic rings. The van der Waals surface area contributed by atoms with Crippen molar-refractivity contribution in [3.8, 4) is 0 Å². The molecule has 2 rings (SSSR count). The number of halogens is 1. The highest BCUT2D eigenvalue weighted by Crippen LogP contribution is 2.33. The van der Waals surface area contributed by atoms with E-state index in [0.29, 0.717) is 24.5 Å². The molecule has 1 amide bonds. The van der Waals surface area contributed by atoms with Crippen LogP contribution in [-0.4, -0.2) is 42.6 Å². The summed E-state index contributed by atoms with van der Waals surface area (Å²) in [7, 11) is 4.57. The number of hydrogen-bond donors (Lipinski definition) is 1. The Morgan fingerprint density at radius 2 is 2.00 bits per heavy atom. The molecule has 2 saturated heterocycles. The summed E-state index contributed by atoms with van der Waals surface area (Å²) in [5, 5.41) is 3.11. The average Bonchev–Trinajstić information content (AvgIpc) is 2.15. The summed E-state index contributed by atoms with van der Waals surface area (Å²) in [5.41, 5.74) is 0. The van der Waals surface area contributed by atoms with Crippen molar-refractivity contribution >= 4 is 5.91 Å². The molecule has 88 valence electrons. The first-order valence-corrected chi connectivity index (χ1v) is 5.64. The quantitative estimate of drug-likeness (QED) is 0.401. The maximum atomic E-state index is 11.6. The molecule has 0 saturated carbocycles. The number of nitrogens with zero attached hydrogens (tertiary/aromatic N) is 1. The van der Waals surface area contributed by atoms with Crippen LogP contribution in [0.1, 0.15) is 32.6 Å². The second kappa shape index (κ2) is 4.57. The Labute approximate surface area is 109 Å². The Kier molecular flexibility index (Phi) is 4.03. The number of piperidine rings is 1. The summed E-state index contributed by atoms with van der Waals surface area (Å²) in [6.45, 7) is 2.15. The predicted molar refractivity (Wildman–Crippen MR) is 55.8 cm³/mol. The van der Waals surface area contributed by atoms with Crippen molar-refractivity contribution < 1.29 is 33.3 Å². The van der Waals surface area contributed by atoms with Crippen LogP contribution in [0.15, 0.2) is 0 Å². The maximum absolute atomic E-state index is 11.6. The molecule has 1 N–H and O–H groups in total. The zero-order valence-corrected chi connectivity index (χ0v) is 12.0. The highest BCUT2D eigenvalue weighted by Gasteiger charge is 2.46. The van der Waals surface area contributed by atoms with E-state index in [4.69, 9.17) is 0 Å². The first-order chi connectivity index (χ1) is 6.51. The number of nitrogens with one attached hydrogen (secondary N) is 1. The van der Waals surface area contributed by atoms with Gasteiger partial charge in [-0.2, -0.15) is 0 Å². The Bertz CT molecular complexity index is 255. The standard InChI is InChI=1S/C11H20N2O.HI/c1-8-10-6-4-5-9(13(10,2)3)7-11(14)12-8;/h8-10H,4-7H2,1-3H3;1H. The monoisotopic (exact) mass is 324 g/mol. The molecule has 0 aromatic rings. The van der Waals surface area contributed by atoms with Crippen LogP contribution in [0.3, 0.4) is 0 Å². The van der Waals surface area contributed by atoms with Crippen molar-refractivity contribution in [2.24, 2.45) is 0 Å². The molecule has 15 heavy (non-hydrogen) atoms. The van der Waals surface area contributed by atoms with Gasteiger partial charge in [0, 0.05) is 12.8 Å². The van der Waals surface area contributed by atoms with Crippen LogP contribution in [0.25, 0.3) is 0 Å². The number of carbonyl (C=O) groups excluding carboxylic acids is 1. The molecule has 2 fully saturated rings. The molecule has 0 aliphatic carbocycles. The lowest BCUT2D eigenvalue weighted by molar-refractivity contribution is -0.943. The summed E-state index contributed by atoms with van der Waals surface area (Å²) in [6.07, 6.45) is 4.47. The van der Waals surface area contributed by atoms with Gasteiger partial charge in [-0.25, -0.2) is 0 Å². The summed E-state index contributed by atoms with van der Waals surface area (Å²) in [5.74, 6) is 0.248. The van der Waals surface area contributed by atoms with E-state index >= 15 is 0 Å². The van der Waals surface area contributed by atoms with Gasteiger partial charge in [-0.15, -0.1) is 0 Å². The van der Waals surface area contributed by atoms with Gasteiger partial charge in [0.15, 0.2) is 0 Å². The Morgan fingerprint density at radius 3 is 2.67 bits per heavy atom. The van der Waals surface area contributed by atoms with Crippen molar-refractivity contribution in [1.82, 2.24) is 5.32 Å². The van der Waals surface area contributed by atoms with Crippen LogP contribution in [0.2, 0.25) is 0 Å². The molecule has 0 aromatic carbocycles.